The molecule has 106 valence electrons. The molecule has 0 aliphatic heterocycles. The summed E-state index contributed by atoms with van der Waals surface area (Å²) in [5.41, 5.74) is 3.97. The van der Waals surface area contributed by atoms with Crippen molar-refractivity contribution >= 4 is 16.9 Å². The molecule has 0 bridgehead atoms. The molecule has 0 amide bonds. The Morgan fingerprint density at radius 3 is 2.50 bits per heavy atom. The Bertz CT molecular complexity index is 691. The van der Waals surface area contributed by atoms with E-state index < -0.39 is 11.4 Å². The average Bonchev–Trinajstić information content (AvgIpc) is 3.01. The number of carboxylic acids is 1. The van der Waals surface area contributed by atoms with Gasteiger partial charge in [-0.05, 0) is 43.9 Å². The number of hydrogen-bond donors (Lipinski definition) is 1. The van der Waals surface area contributed by atoms with Gasteiger partial charge in [-0.15, -0.1) is 0 Å². The van der Waals surface area contributed by atoms with Crippen LogP contribution in [-0.4, -0.2) is 15.6 Å². The third kappa shape index (κ3) is 1.62. The quantitative estimate of drug-likeness (QED) is 0.905. The zero-order valence-corrected chi connectivity index (χ0v) is 12.4. The minimum atomic E-state index is -0.669. The number of aromatic nitrogens is 1. The molecule has 0 spiro atoms. The van der Waals surface area contributed by atoms with E-state index in [4.69, 9.17) is 0 Å². The number of benzene rings is 1. The largest absolute Gasteiger partial charge is 0.481 e. The van der Waals surface area contributed by atoms with E-state index in [0.29, 0.717) is 0 Å². The summed E-state index contributed by atoms with van der Waals surface area (Å²) in [6, 6.07) is 6.21. The van der Waals surface area contributed by atoms with Crippen LogP contribution in [0.3, 0.4) is 0 Å². The van der Waals surface area contributed by atoms with Crippen molar-refractivity contribution in [1.82, 2.24) is 4.57 Å². The molecule has 20 heavy (non-hydrogen) atoms. The van der Waals surface area contributed by atoms with Crippen molar-refractivity contribution < 1.29 is 9.90 Å². The molecule has 1 N–H and O–H groups in total. The van der Waals surface area contributed by atoms with E-state index in [-0.39, 0.29) is 0 Å². The lowest BCUT2D eigenvalue weighted by Crippen LogP contribution is -2.32. The number of fused-ring (bicyclic) bond motifs is 1. The fraction of sp³-hybridized carbons (Fsp3) is 0.471. The predicted octanol–water partition coefficient (Wildman–Crippen LogP) is 3.69. The fourth-order valence-electron chi connectivity index (χ4n) is 3.66. The van der Waals surface area contributed by atoms with Crippen LogP contribution in [-0.2, 0) is 17.3 Å². The summed E-state index contributed by atoms with van der Waals surface area (Å²) in [7, 11) is 2.05. The first-order valence-electron chi connectivity index (χ1n) is 7.27. The van der Waals surface area contributed by atoms with Gasteiger partial charge in [0.05, 0.1) is 5.41 Å². The molecule has 1 aliphatic rings. The van der Waals surface area contributed by atoms with Gasteiger partial charge in [0.25, 0.3) is 0 Å². The third-order valence-corrected chi connectivity index (χ3v) is 5.23. The number of aliphatic carboxylic acids is 1. The zero-order chi connectivity index (χ0) is 14.5. The molecule has 1 heterocycles. The summed E-state index contributed by atoms with van der Waals surface area (Å²) in [5.74, 6) is -0.669. The highest BCUT2D eigenvalue weighted by Crippen LogP contribution is 2.42. The van der Waals surface area contributed by atoms with Gasteiger partial charge in [-0.2, -0.15) is 0 Å². The Balaban J connectivity index is 2.23. The minimum absolute atomic E-state index is 0.666. The molecule has 0 atom stereocenters. The van der Waals surface area contributed by atoms with Crippen LogP contribution in [0, 0.1) is 13.8 Å². The number of hydrogen-bond acceptors (Lipinski definition) is 1. The lowest BCUT2D eigenvalue weighted by atomic mass is 9.78. The zero-order valence-electron chi connectivity index (χ0n) is 12.4. The molecule has 0 unspecified atom stereocenters. The summed E-state index contributed by atoms with van der Waals surface area (Å²) >= 11 is 0. The van der Waals surface area contributed by atoms with Gasteiger partial charge < -0.3 is 9.67 Å². The first kappa shape index (κ1) is 13.2. The van der Waals surface area contributed by atoms with Crippen molar-refractivity contribution in [1.29, 1.82) is 0 Å². The highest BCUT2D eigenvalue weighted by atomic mass is 16.4. The Morgan fingerprint density at radius 2 is 1.90 bits per heavy atom. The van der Waals surface area contributed by atoms with Crippen LogP contribution in [0.5, 0.6) is 0 Å². The van der Waals surface area contributed by atoms with E-state index in [2.05, 4.69) is 37.6 Å². The van der Waals surface area contributed by atoms with E-state index in [1.54, 1.807) is 0 Å². The molecule has 1 fully saturated rings. The van der Waals surface area contributed by atoms with E-state index in [0.717, 1.165) is 36.8 Å². The maximum atomic E-state index is 11.8. The first-order chi connectivity index (χ1) is 9.47. The maximum absolute atomic E-state index is 11.8. The number of carboxylic acid groups (broad SMARTS) is 1. The van der Waals surface area contributed by atoms with Crippen molar-refractivity contribution in [3.63, 3.8) is 0 Å². The molecule has 1 aromatic heterocycles. The number of carbonyl (C=O) groups is 1. The molecular weight excluding hydrogens is 250 g/mol. The normalized spacial score (nSPS) is 17.8. The van der Waals surface area contributed by atoms with Gasteiger partial charge in [0.15, 0.2) is 0 Å². The Hall–Kier alpha value is -1.77. The second kappa shape index (κ2) is 4.37. The summed E-state index contributed by atoms with van der Waals surface area (Å²) in [6.45, 7) is 4.23. The lowest BCUT2D eigenvalue weighted by Gasteiger charge is -2.24. The summed E-state index contributed by atoms with van der Waals surface area (Å²) in [5, 5.41) is 10.9. The minimum Gasteiger partial charge on any atom is -0.481 e. The number of aryl methyl sites for hydroxylation is 2. The van der Waals surface area contributed by atoms with Gasteiger partial charge in [-0.25, -0.2) is 0 Å². The van der Waals surface area contributed by atoms with Crippen LogP contribution in [0.25, 0.3) is 10.9 Å². The van der Waals surface area contributed by atoms with E-state index in [1.807, 2.05) is 6.07 Å². The monoisotopic (exact) mass is 271 g/mol. The number of rotatable bonds is 2. The summed E-state index contributed by atoms with van der Waals surface area (Å²) in [6.07, 6.45) is 3.54. The van der Waals surface area contributed by atoms with Gasteiger partial charge in [0.1, 0.15) is 0 Å². The summed E-state index contributed by atoms with van der Waals surface area (Å²) in [4.78, 5) is 11.8. The topological polar surface area (TPSA) is 42.2 Å². The molecular formula is C17H21NO2. The van der Waals surface area contributed by atoms with Gasteiger partial charge in [0, 0.05) is 23.6 Å². The first-order valence-corrected chi connectivity index (χ1v) is 7.27. The van der Waals surface area contributed by atoms with Crippen LogP contribution < -0.4 is 0 Å². The molecule has 1 aliphatic carbocycles. The highest BCUT2D eigenvalue weighted by molar-refractivity contribution is 5.89. The fourth-order valence-corrected chi connectivity index (χ4v) is 3.66. The number of nitrogens with zero attached hydrogens (tertiary/aromatic N) is 1. The molecule has 3 rings (SSSR count). The van der Waals surface area contributed by atoms with Crippen LogP contribution in [0.1, 0.15) is 42.5 Å². The molecule has 0 saturated heterocycles. The molecule has 3 heteroatoms. The van der Waals surface area contributed by atoms with Gasteiger partial charge in [-0.1, -0.05) is 25.0 Å². The van der Waals surface area contributed by atoms with Crippen LogP contribution in [0.2, 0.25) is 0 Å². The Morgan fingerprint density at radius 1 is 1.25 bits per heavy atom. The van der Waals surface area contributed by atoms with Crippen molar-refractivity contribution in [2.45, 2.75) is 44.9 Å². The van der Waals surface area contributed by atoms with Crippen molar-refractivity contribution in [2.24, 2.45) is 7.05 Å². The summed E-state index contributed by atoms with van der Waals surface area (Å²) < 4.78 is 2.17. The van der Waals surface area contributed by atoms with Crippen molar-refractivity contribution in [3.05, 3.63) is 35.0 Å². The van der Waals surface area contributed by atoms with Crippen LogP contribution in [0.4, 0.5) is 0 Å². The van der Waals surface area contributed by atoms with Gasteiger partial charge in [0.2, 0.25) is 0 Å². The maximum Gasteiger partial charge on any atom is 0.314 e. The molecule has 1 saturated carbocycles. The second-order valence-corrected chi connectivity index (χ2v) is 6.10. The second-order valence-electron chi connectivity index (χ2n) is 6.10. The molecule has 2 aromatic rings. The van der Waals surface area contributed by atoms with E-state index in [9.17, 15) is 9.90 Å². The standard InChI is InChI=1S/C17H21NO2/c1-11-12(2)18(3)15-10-13(6-7-14(11)15)17(16(19)20)8-4-5-9-17/h6-7,10H,4-5,8-9H2,1-3H3,(H,19,20). The SMILES string of the molecule is Cc1c(C)n(C)c2cc(C3(C(=O)O)CCCC3)ccc12. The van der Waals surface area contributed by atoms with Crippen molar-refractivity contribution in [3.8, 4) is 0 Å². The Labute approximate surface area is 119 Å². The predicted molar refractivity (Wildman–Crippen MR) is 80.2 cm³/mol. The molecule has 3 nitrogen and oxygen atoms in total. The van der Waals surface area contributed by atoms with Crippen LogP contribution in [0.15, 0.2) is 18.2 Å². The van der Waals surface area contributed by atoms with Gasteiger partial charge in [-0.3, -0.25) is 4.79 Å². The lowest BCUT2D eigenvalue weighted by molar-refractivity contribution is -0.143. The molecule has 0 radical (unpaired) electrons. The highest BCUT2D eigenvalue weighted by Gasteiger charge is 2.43. The van der Waals surface area contributed by atoms with Crippen LogP contribution >= 0.6 is 0 Å². The van der Waals surface area contributed by atoms with E-state index >= 15 is 0 Å². The third-order valence-electron chi connectivity index (χ3n) is 5.23. The smallest absolute Gasteiger partial charge is 0.314 e. The van der Waals surface area contributed by atoms with Crippen molar-refractivity contribution in [2.75, 3.05) is 0 Å². The van der Waals surface area contributed by atoms with E-state index in [1.165, 1.54) is 16.6 Å². The Kier molecular flexibility index (Phi) is 2.89. The molecule has 1 aromatic carbocycles. The average molecular weight is 271 g/mol. The van der Waals surface area contributed by atoms with Gasteiger partial charge >= 0.3 is 5.97 Å².